The van der Waals surface area contributed by atoms with Gasteiger partial charge in [-0.1, -0.05) is 37.3 Å². The summed E-state index contributed by atoms with van der Waals surface area (Å²) in [6.07, 6.45) is 0.914. The van der Waals surface area contributed by atoms with E-state index in [0.29, 0.717) is 17.9 Å². The lowest BCUT2D eigenvalue weighted by molar-refractivity contribution is 0.0596. The van der Waals surface area contributed by atoms with Crippen molar-refractivity contribution < 1.29 is 14.3 Å². The van der Waals surface area contributed by atoms with Crippen LogP contribution in [-0.2, 0) is 24.8 Å². The van der Waals surface area contributed by atoms with Crippen LogP contribution < -0.4 is 4.74 Å². The fourth-order valence-electron chi connectivity index (χ4n) is 2.93. The molecule has 2 aromatic carbocycles. The van der Waals surface area contributed by atoms with Crippen LogP contribution in [0.15, 0.2) is 48.5 Å². The number of hydrogen-bond acceptors (Lipinski definition) is 3. The molecule has 0 N–H and O–H groups in total. The van der Waals surface area contributed by atoms with Gasteiger partial charge in [-0.25, -0.2) is 4.79 Å². The van der Waals surface area contributed by atoms with Gasteiger partial charge >= 0.3 is 5.97 Å². The number of hydrogen-bond donors (Lipinski definition) is 0. The summed E-state index contributed by atoms with van der Waals surface area (Å²) in [7, 11) is 3.41. The Morgan fingerprint density at radius 1 is 1.12 bits per heavy atom. The molecule has 0 aliphatic heterocycles. The summed E-state index contributed by atoms with van der Waals surface area (Å²) >= 11 is 0. The zero-order chi connectivity index (χ0) is 17.1. The Balaban J connectivity index is 2.08. The Bertz CT molecular complexity index is 865. The van der Waals surface area contributed by atoms with E-state index in [1.165, 1.54) is 12.8 Å². The first-order valence-electron chi connectivity index (χ1n) is 8.02. The number of nitrogens with zero attached hydrogens (tertiary/aromatic N) is 1. The average Bonchev–Trinajstić information content (AvgIpc) is 2.96. The summed E-state index contributed by atoms with van der Waals surface area (Å²) in [5.74, 6) is 0.195. The van der Waals surface area contributed by atoms with E-state index in [0.717, 1.165) is 22.9 Å². The van der Waals surface area contributed by atoms with Gasteiger partial charge in [-0.05, 0) is 30.2 Å². The van der Waals surface area contributed by atoms with Gasteiger partial charge in [-0.15, -0.1) is 0 Å². The van der Waals surface area contributed by atoms with Gasteiger partial charge in [0, 0.05) is 18.1 Å². The molecule has 3 aromatic rings. The molecule has 0 atom stereocenters. The Hall–Kier alpha value is -2.75. The standard InChI is InChI=1S/C20H21NO3/c1-4-15-12-17-18(21(15)2)11-10-16(20(22)23-3)19(17)24-13-14-8-6-5-7-9-14/h5-12H,4,13H2,1-3H3. The van der Waals surface area contributed by atoms with Gasteiger partial charge in [0.2, 0.25) is 0 Å². The highest BCUT2D eigenvalue weighted by molar-refractivity contribution is 6.01. The maximum Gasteiger partial charge on any atom is 0.341 e. The molecule has 4 nitrogen and oxygen atoms in total. The van der Waals surface area contributed by atoms with Crippen LogP contribution in [0, 0.1) is 0 Å². The average molecular weight is 323 g/mol. The summed E-state index contributed by atoms with van der Waals surface area (Å²) in [5, 5.41) is 0.938. The van der Waals surface area contributed by atoms with Gasteiger partial charge in [0.25, 0.3) is 0 Å². The second-order valence-electron chi connectivity index (χ2n) is 5.69. The molecular weight excluding hydrogens is 302 g/mol. The first-order valence-corrected chi connectivity index (χ1v) is 8.02. The second-order valence-corrected chi connectivity index (χ2v) is 5.69. The molecular formula is C20H21NO3. The van der Waals surface area contributed by atoms with Crippen LogP contribution >= 0.6 is 0 Å². The molecule has 124 valence electrons. The number of rotatable bonds is 5. The van der Waals surface area contributed by atoms with Crippen LogP contribution in [0.4, 0.5) is 0 Å². The number of esters is 1. The molecule has 3 rings (SSSR count). The molecule has 0 spiro atoms. The molecule has 0 unspecified atom stereocenters. The maximum atomic E-state index is 12.1. The highest BCUT2D eigenvalue weighted by Gasteiger charge is 2.19. The quantitative estimate of drug-likeness (QED) is 0.664. The second kappa shape index (κ2) is 6.79. The van der Waals surface area contributed by atoms with E-state index in [2.05, 4.69) is 17.6 Å². The van der Waals surface area contributed by atoms with Crippen molar-refractivity contribution in [2.75, 3.05) is 7.11 Å². The zero-order valence-corrected chi connectivity index (χ0v) is 14.2. The number of carbonyl (C=O) groups is 1. The molecule has 0 amide bonds. The van der Waals surface area contributed by atoms with Crippen LogP contribution in [0.25, 0.3) is 10.9 Å². The molecule has 0 aliphatic carbocycles. The third kappa shape index (κ3) is 2.87. The van der Waals surface area contributed by atoms with E-state index in [1.54, 1.807) is 6.07 Å². The molecule has 24 heavy (non-hydrogen) atoms. The summed E-state index contributed by atoms with van der Waals surface area (Å²) < 4.78 is 13.1. The Labute approximate surface area is 141 Å². The van der Waals surface area contributed by atoms with E-state index in [4.69, 9.17) is 9.47 Å². The lowest BCUT2D eigenvalue weighted by Crippen LogP contribution is -2.06. The minimum absolute atomic E-state index is 0.387. The van der Waals surface area contributed by atoms with Crippen molar-refractivity contribution in [3.05, 3.63) is 65.4 Å². The fourth-order valence-corrected chi connectivity index (χ4v) is 2.93. The lowest BCUT2D eigenvalue weighted by atomic mass is 10.1. The molecule has 0 radical (unpaired) electrons. The van der Waals surface area contributed by atoms with Crippen molar-refractivity contribution in [2.45, 2.75) is 20.0 Å². The van der Waals surface area contributed by atoms with E-state index < -0.39 is 0 Å². The molecule has 0 saturated heterocycles. The van der Waals surface area contributed by atoms with E-state index in [-0.39, 0.29) is 5.97 Å². The third-order valence-electron chi connectivity index (χ3n) is 4.27. The monoisotopic (exact) mass is 323 g/mol. The summed E-state index contributed by atoms with van der Waals surface area (Å²) in [5.41, 5.74) is 3.74. The van der Waals surface area contributed by atoms with Crippen LogP contribution in [0.2, 0.25) is 0 Å². The van der Waals surface area contributed by atoms with Gasteiger partial charge in [-0.3, -0.25) is 0 Å². The predicted molar refractivity (Wildman–Crippen MR) is 94.4 cm³/mol. The van der Waals surface area contributed by atoms with Crippen molar-refractivity contribution in [2.24, 2.45) is 7.05 Å². The first-order chi connectivity index (χ1) is 11.7. The molecule has 0 aliphatic rings. The topological polar surface area (TPSA) is 40.5 Å². The van der Waals surface area contributed by atoms with Gasteiger partial charge in [0.05, 0.1) is 12.6 Å². The van der Waals surface area contributed by atoms with Gasteiger partial charge < -0.3 is 14.0 Å². The Kier molecular flexibility index (Phi) is 4.56. The molecule has 4 heteroatoms. The van der Waals surface area contributed by atoms with E-state index >= 15 is 0 Å². The molecule has 0 saturated carbocycles. The van der Waals surface area contributed by atoms with Gasteiger partial charge in [0.15, 0.2) is 0 Å². The summed E-state index contributed by atoms with van der Waals surface area (Å²) in [4.78, 5) is 12.1. The van der Waals surface area contributed by atoms with Gasteiger partial charge in [0.1, 0.15) is 17.9 Å². The lowest BCUT2D eigenvalue weighted by Gasteiger charge is -2.12. The smallest absolute Gasteiger partial charge is 0.341 e. The summed E-state index contributed by atoms with van der Waals surface area (Å²) in [6, 6.07) is 15.7. The number of aromatic nitrogens is 1. The molecule has 1 heterocycles. The number of methoxy groups -OCH3 is 1. The maximum absolute atomic E-state index is 12.1. The van der Waals surface area contributed by atoms with Crippen LogP contribution in [0.3, 0.4) is 0 Å². The van der Waals surface area contributed by atoms with Crippen LogP contribution in [0.5, 0.6) is 5.75 Å². The highest BCUT2D eigenvalue weighted by Crippen LogP contribution is 2.33. The van der Waals surface area contributed by atoms with Crippen molar-refractivity contribution >= 4 is 16.9 Å². The van der Waals surface area contributed by atoms with Crippen molar-refractivity contribution in [3.8, 4) is 5.75 Å². The fraction of sp³-hybridized carbons (Fsp3) is 0.250. The normalized spacial score (nSPS) is 10.8. The largest absolute Gasteiger partial charge is 0.487 e. The SMILES string of the molecule is CCc1cc2c(OCc3ccccc3)c(C(=O)OC)ccc2n1C. The Morgan fingerprint density at radius 2 is 1.88 bits per heavy atom. The molecule has 0 fully saturated rings. The van der Waals surface area contributed by atoms with Crippen LogP contribution in [0.1, 0.15) is 28.5 Å². The van der Waals surface area contributed by atoms with Gasteiger partial charge in [-0.2, -0.15) is 0 Å². The van der Waals surface area contributed by atoms with E-state index in [1.807, 2.05) is 43.4 Å². The number of fused-ring (bicyclic) bond motifs is 1. The Morgan fingerprint density at radius 3 is 2.54 bits per heavy atom. The number of carbonyl (C=O) groups excluding carboxylic acids is 1. The summed E-state index contributed by atoms with van der Waals surface area (Å²) in [6.45, 7) is 2.51. The number of ether oxygens (including phenoxy) is 2. The molecule has 1 aromatic heterocycles. The zero-order valence-electron chi connectivity index (χ0n) is 14.2. The third-order valence-corrected chi connectivity index (χ3v) is 4.27. The van der Waals surface area contributed by atoms with Crippen molar-refractivity contribution in [1.82, 2.24) is 4.57 Å². The number of benzene rings is 2. The highest BCUT2D eigenvalue weighted by atomic mass is 16.5. The first kappa shape index (κ1) is 16.1. The van der Waals surface area contributed by atoms with E-state index in [9.17, 15) is 4.79 Å². The minimum atomic E-state index is -0.387. The molecule has 0 bridgehead atoms. The predicted octanol–water partition coefficient (Wildman–Crippen LogP) is 4.11. The van der Waals surface area contributed by atoms with Crippen molar-refractivity contribution in [3.63, 3.8) is 0 Å². The van der Waals surface area contributed by atoms with Crippen molar-refractivity contribution in [1.29, 1.82) is 0 Å². The number of aryl methyl sites for hydroxylation is 2. The van der Waals surface area contributed by atoms with Crippen LogP contribution in [-0.4, -0.2) is 17.6 Å². The minimum Gasteiger partial charge on any atom is -0.487 e.